The second-order valence-corrected chi connectivity index (χ2v) is 7.76. The molecule has 0 aliphatic carbocycles. The predicted octanol–water partition coefficient (Wildman–Crippen LogP) is 0.632. The van der Waals surface area contributed by atoms with Crippen molar-refractivity contribution in [1.29, 1.82) is 0 Å². The number of carbonyl (C=O) groups is 2. The number of nitrogens with zero attached hydrogens (tertiary/aromatic N) is 1. The number of ether oxygens (including phenoxy) is 2. The summed E-state index contributed by atoms with van der Waals surface area (Å²) in [7, 11) is 0. The van der Waals surface area contributed by atoms with Crippen LogP contribution in [0.4, 0.5) is 0 Å². The van der Waals surface area contributed by atoms with E-state index in [0.29, 0.717) is 27.5 Å². The summed E-state index contributed by atoms with van der Waals surface area (Å²) in [5.41, 5.74) is 11.6. The molecule has 2 amide bonds. The summed E-state index contributed by atoms with van der Waals surface area (Å²) in [6.07, 6.45) is -2.86. The average molecular weight is 481 g/mol. The Kier molecular flexibility index (Phi) is 7.26. The van der Waals surface area contributed by atoms with Gasteiger partial charge in [0.2, 0.25) is 11.8 Å². The Labute approximate surface area is 210 Å². The van der Waals surface area contributed by atoms with Crippen LogP contribution in [-0.2, 0) is 22.4 Å². The summed E-state index contributed by atoms with van der Waals surface area (Å²) >= 11 is 0. The number of nitrogens with two attached hydrogens (primary N) is 2. The summed E-state index contributed by atoms with van der Waals surface area (Å²) in [5, 5.41) is 21.3. The third-order valence-corrected chi connectivity index (χ3v) is 4.67. The summed E-state index contributed by atoms with van der Waals surface area (Å²) in [4.78, 5) is 22.8. The standard InChI is InChI=1S/C25H35N3O6/c1-17(2)28(13-20(29)15-33-22-7-3-18(4-8-22)11-24(26)31)14-21(30)16-34-23-9-5-19(6-10-23)12-25(27)32/h3-10,17,20-21,29-30H,11-16H2,1-2H3,(H2,26,31)(H2,27,32)/i1D3,2D3,17D. The summed E-state index contributed by atoms with van der Waals surface area (Å²) < 4.78 is 66.5. The normalized spacial score (nSPS) is 17.1. The largest absolute Gasteiger partial charge is 0.491 e. The molecule has 2 unspecified atom stereocenters. The quantitative estimate of drug-likeness (QED) is 0.292. The fourth-order valence-corrected chi connectivity index (χ4v) is 3.07. The van der Waals surface area contributed by atoms with Crippen LogP contribution in [0.15, 0.2) is 48.5 Å². The molecule has 0 aliphatic heterocycles. The number of hydrogen-bond acceptors (Lipinski definition) is 7. The van der Waals surface area contributed by atoms with E-state index in [-0.39, 0.29) is 12.8 Å². The Balaban J connectivity index is 2.13. The number of carbonyl (C=O) groups excluding carboxylic acids is 2. The molecule has 0 saturated carbocycles. The predicted molar refractivity (Wildman–Crippen MR) is 128 cm³/mol. The van der Waals surface area contributed by atoms with Gasteiger partial charge in [-0.05, 0) is 49.1 Å². The molecule has 186 valence electrons. The molecule has 2 aromatic carbocycles. The van der Waals surface area contributed by atoms with Gasteiger partial charge in [-0.2, -0.15) is 0 Å². The van der Waals surface area contributed by atoms with Crippen molar-refractivity contribution in [3.63, 3.8) is 0 Å². The van der Waals surface area contributed by atoms with Crippen molar-refractivity contribution in [1.82, 2.24) is 4.90 Å². The number of rotatable bonds is 15. The van der Waals surface area contributed by atoms with E-state index >= 15 is 0 Å². The highest BCUT2D eigenvalue weighted by Gasteiger charge is 2.19. The van der Waals surface area contributed by atoms with Gasteiger partial charge < -0.3 is 31.2 Å². The Morgan fingerprint density at radius 1 is 0.853 bits per heavy atom. The van der Waals surface area contributed by atoms with Crippen LogP contribution in [0.3, 0.4) is 0 Å². The lowest BCUT2D eigenvalue weighted by Crippen LogP contribution is -2.45. The van der Waals surface area contributed by atoms with Gasteiger partial charge in [-0.3, -0.25) is 14.5 Å². The third-order valence-electron chi connectivity index (χ3n) is 4.67. The van der Waals surface area contributed by atoms with Crippen molar-refractivity contribution in [2.75, 3.05) is 26.3 Å². The van der Waals surface area contributed by atoms with Crippen LogP contribution in [0.25, 0.3) is 0 Å². The maximum atomic E-state index is 11.0. The van der Waals surface area contributed by atoms with Gasteiger partial charge in [0.1, 0.15) is 36.9 Å². The molecule has 0 aliphatic rings. The van der Waals surface area contributed by atoms with Crippen LogP contribution in [0.1, 0.15) is 34.4 Å². The van der Waals surface area contributed by atoms with E-state index in [1.54, 1.807) is 24.3 Å². The first-order valence-corrected chi connectivity index (χ1v) is 10.5. The smallest absolute Gasteiger partial charge is 0.221 e. The van der Waals surface area contributed by atoms with Crippen molar-refractivity contribution in [3.8, 4) is 11.5 Å². The topological polar surface area (TPSA) is 148 Å². The number of primary amides is 2. The van der Waals surface area contributed by atoms with Crippen molar-refractivity contribution in [2.45, 2.75) is 44.8 Å². The maximum absolute atomic E-state index is 11.0. The van der Waals surface area contributed by atoms with Crippen LogP contribution < -0.4 is 20.9 Å². The van der Waals surface area contributed by atoms with Crippen LogP contribution in [-0.4, -0.2) is 71.5 Å². The van der Waals surface area contributed by atoms with E-state index in [4.69, 9.17) is 30.5 Å². The lowest BCUT2D eigenvalue weighted by molar-refractivity contribution is -0.118. The van der Waals surface area contributed by atoms with Gasteiger partial charge in [-0.15, -0.1) is 0 Å². The molecule has 6 N–H and O–H groups in total. The van der Waals surface area contributed by atoms with Crippen LogP contribution in [0.5, 0.6) is 11.5 Å². The number of hydrogen-bond donors (Lipinski definition) is 4. The lowest BCUT2D eigenvalue weighted by Gasteiger charge is -2.30. The van der Waals surface area contributed by atoms with Crippen molar-refractivity contribution in [3.05, 3.63) is 59.7 Å². The minimum Gasteiger partial charge on any atom is -0.491 e. The van der Waals surface area contributed by atoms with E-state index in [0.717, 1.165) is 0 Å². The second-order valence-electron chi connectivity index (χ2n) is 7.76. The van der Waals surface area contributed by atoms with E-state index in [2.05, 4.69) is 0 Å². The van der Waals surface area contributed by atoms with Crippen LogP contribution in [0.2, 0.25) is 0 Å². The highest BCUT2D eigenvalue weighted by Crippen LogP contribution is 2.15. The monoisotopic (exact) mass is 480 g/mol. The van der Waals surface area contributed by atoms with Gasteiger partial charge >= 0.3 is 0 Å². The molecule has 2 aromatic rings. The van der Waals surface area contributed by atoms with Crippen LogP contribution >= 0.6 is 0 Å². The lowest BCUT2D eigenvalue weighted by atomic mass is 10.1. The summed E-state index contributed by atoms with van der Waals surface area (Å²) in [5.74, 6) is -0.407. The van der Waals surface area contributed by atoms with Crippen molar-refractivity contribution >= 4 is 11.8 Å². The second kappa shape index (κ2) is 13.5. The molecule has 2 rings (SSSR count). The number of aliphatic hydroxyl groups excluding tert-OH is 2. The van der Waals surface area contributed by atoms with E-state index in [9.17, 15) is 19.8 Å². The van der Waals surface area contributed by atoms with Gasteiger partial charge in [-0.1, -0.05) is 24.3 Å². The minimum absolute atomic E-state index is 0.0281. The minimum atomic E-state index is -3.36. The van der Waals surface area contributed by atoms with Gasteiger partial charge in [-0.25, -0.2) is 0 Å². The molecule has 0 heterocycles. The number of amides is 2. The first kappa shape index (κ1) is 18.2. The Morgan fingerprint density at radius 3 is 1.56 bits per heavy atom. The van der Waals surface area contributed by atoms with Gasteiger partial charge in [0.15, 0.2) is 0 Å². The SMILES string of the molecule is [2H]C([2H])([2H])C([2H])(N(CC(O)COc1ccc(CC(N)=O)cc1)CC(O)COc1ccc(CC(N)=O)cc1)C([2H])([2H])[2H]. The summed E-state index contributed by atoms with van der Waals surface area (Å²) in [6, 6.07) is 9.32. The zero-order valence-corrected chi connectivity index (χ0v) is 18.6. The Morgan fingerprint density at radius 2 is 1.24 bits per heavy atom. The molecule has 0 aromatic heterocycles. The third kappa shape index (κ3) is 10.2. The fourth-order valence-electron chi connectivity index (χ4n) is 3.07. The van der Waals surface area contributed by atoms with E-state index < -0.39 is 70.0 Å². The van der Waals surface area contributed by atoms with Gasteiger partial charge in [0.05, 0.1) is 12.8 Å². The van der Waals surface area contributed by atoms with Gasteiger partial charge in [0.25, 0.3) is 0 Å². The first-order valence-electron chi connectivity index (χ1n) is 14.0. The Hall–Kier alpha value is -3.14. The molecular formula is C25H35N3O6. The molecule has 2 atom stereocenters. The van der Waals surface area contributed by atoms with E-state index in [1.807, 2.05) is 0 Å². The highest BCUT2D eigenvalue weighted by atomic mass is 16.5. The van der Waals surface area contributed by atoms with E-state index in [1.165, 1.54) is 24.3 Å². The molecule has 0 fully saturated rings. The van der Waals surface area contributed by atoms with Crippen molar-refractivity contribution in [2.24, 2.45) is 11.5 Å². The Bertz CT molecular complexity index is 1060. The van der Waals surface area contributed by atoms with Crippen molar-refractivity contribution < 1.29 is 38.9 Å². The molecule has 34 heavy (non-hydrogen) atoms. The van der Waals surface area contributed by atoms with Gasteiger partial charge in [0, 0.05) is 28.7 Å². The zero-order valence-electron chi connectivity index (χ0n) is 25.6. The molecule has 0 radical (unpaired) electrons. The average Bonchev–Trinajstić information content (AvgIpc) is 2.85. The fraction of sp³-hybridized carbons (Fsp3) is 0.440. The first-order chi connectivity index (χ1) is 18.9. The number of benzene rings is 2. The molecule has 9 heteroatoms. The molecule has 0 bridgehead atoms. The molecule has 0 saturated heterocycles. The maximum Gasteiger partial charge on any atom is 0.221 e. The molecule has 9 nitrogen and oxygen atoms in total. The summed E-state index contributed by atoms with van der Waals surface area (Å²) in [6.45, 7) is -8.78. The highest BCUT2D eigenvalue weighted by molar-refractivity contribution is 5.77. The molecule has 0 spiro atoms. The number of aliphatic hydroxyl groups is 2. The van der Waals surface area contributed by atoms with Crippen LogP contribution in [0, 0.1) is 0 Å². The molecular weight excluding hydrogens is 438 g/mol. The zero-order chi connectivity index (χ0) is 31.0.